The summed E-state index contributed by atoms with van der Waals surface area (Å²) in [7, 11) is 1.44. The molecule has 0 unspecified atom stereocenters. The third kappa shape index (κ3) is 6.13. The van der Waals surface area contributed by atoms with Crippen molar-refractivity contribution in [2.75, 3.05) is 64.6 Å². The van der Waals surface area contributed by atoms with Crippen molar-refractivity contribution in [2.45, 2.75) is 6.10 Å². The molecule has 2 aliphatic rings. The van der Waals surface area contributed by atoms with Crippen LogP contribution in [-0.4, -0.2) is 81.9 Å². The van der Waals surface area contributed by atoms with Gasteiger partial charge in [0.1, 0.15) is 12.7 Å². The van der Waals surface area contributed by atoms with Gasteiger partial charge in [-0.1, -0.05) is 0 Å². The number of halogens is 1. The molecule has 0 radical (unpaired) electrons. The molecule has 0 saturated carbocycles. The topological polar surface area (TPSA) is 84.5 Å². The van der Waals surface area contributed by atoms with Crippen LogP contribution in [0.15, 0.2) is 18.2 Å². The highest BCUT2D eigenvalue weighted by Crippen LogP contribution is 2.27. The summed E-state index contributed by atoms with van der Waals surface area (Å²) in [5.41, 5.74) is 5.88. The summed E-state index contributed by atoms with van der Waals surface area (Å²) in [6, 6.07) is 4.45. The fraction of sp³-hybridized carbons (Fsp3) is 0.556. The van der Waals surface area contributed by atoms with Gasteiger partial charge >= 0.3 is 6.09 Å². The zero-order valence-corrected chi connectivity index (χ0v) is 17.0. The number of thiocarbonyl (C=S) groups is 1. The van der Waals surface area contributed by atoms with Gasteiger partial charge < -0.3 is 18.9 Å². The number of carbonyl (C=O) groups is 1. The standard InChI is InChI=1S/C18H25FN4O5S/c1-25-17(29)21-20-11-14-12-23(18(24)28-14)13-2-3-16(15(19)10-13)27-9-6-22-4-7-26-8-5-22/h2-3,10,14,20H,4-9,11-12H2,1H3,(H,21,29)/t14-/m0/s1. The summed E-state index contributed by atoms with van der Waals surface area (Å²) in [6.07, 6.45) is -0.950. The predicted octanol–water partition coefficient (Wildman–Crippen LogP) is 0.887. The molecule has 29 heavy (non-hydrogen) atoms. The molecule has 1 atom stereocenters. The van der Waals surface area contributed by atoms with E-state index >= 15 is 0 Å². The van der Waals surface area contributed by atoms with Crippen molar-refractivity contribution in [1.29, 1.82) is 0 Å². The molecule has 2 N–H and O–H groups in total. The Morgan fingerprint density at radius 2 is 2.17 bits per heavy atom. The molecule has 2 heterocycles. The van der Waals surface area contributed by atoms with Crippen LogP contribution in [0.1, 0.15) is 0 Å². The highest BCUT2D eigenvalue weighted by molar-refractivity contribution is 7.80. The fourth-order valence-corrected chi connectivity index (χ4v) is 3.08. The van der Waals surface area contributed by atoms with E-state index in [9.17, 15) is 9.18 Å². The zero-order chi connectivity index (χ0) is 20.6. The smallest absolute Gasteiger partial charge is 0.414 e. The van der Waals surface area contributed by atoms with E-state index in [1.165, 1.54) is 24.1 Å². The van der Waals surface area contributed by atoms with Gasteiger partial charge in [0.15, 0.2) is 11.6 Å². The summed E-state index contributed by atoms with van der Waals surface area (Å²) >= 11 is 4.84. The number of rotatable bonds is 8. The normalized spacial score (nSPS) is 19.7. The van der Waals surface area contributed by atoms with Gasteiger partial charge in [-0.2, -0.15) is 0 Å². The van der Waals surface area contributed by atoms with Gasteiger partial charge in [0.25, 0.3) is 5.17 Å². The first-order valence-corrected chi connectivity index (χ1v) is 9.75. The second-order valence-corrected chi connectivity index (χ2v) is 6.90. The number of hydrazine groups is 1. The van der Waals surface area contributed by atoms with E-state index < -0.39 is 18.0 Å². The lowest BCUT2D eigenvalue weighted by Gasteiger charge is -2.26. The second-order valence-electron chi connectivity index (χ2n) is 6.53. The number of methoxy groups -OCH3 is 1. The lowest BCUT2D eigenvalue weighted by Crippen LogP contribution is -2.42. The minimum Gasteiger partial charge on any atom is -0.489 e. The third-order valence-electron chi connectivity index (χ3n) is 4.58. The molecule has 0 aromatic heterocycles. The highest BCUT2D eigenvalue weighted by Gasteiger charge is 2.32. The van der Waals surface area contributed by atoms with Crippen LogP contribution in [0, 0.1) is 5.82 Å². The van der Waals surface area contributed by atoms with Crippen LogP contribution in [0.3, 0.4) is 0 Å². The largest absolute Gasteiger partial charge is 0.489 e. The SMILES string of the molecule is COC(=S)NNC[C@H]1CN(c2ccc(OCCN3CCOCC3)c(F)c2)C(=O)O1. The monoisotopic (exact) mass is 428 g/mol. The number of nitrogens with zero attached hydrogens (tertiary/aromatic N) is 2. The molecular formula is C18H25FN4O5S. The average Bonchev–Trinajstić information content (AvgIpc) is 3.10. The summed E-state index contributed by atoms with van der Waals surface area (Å²) in [6.45, 7) is 4.81. The predicted molar refractivity (Wildman–Crippen MR) is 108 cm³/mol. The highest BCUT2D eigenvalue weighted by atomic mass is 32.1. The number of amides is 1. The average molecular weight is 428 g/mol. The number of hydrogen-bond donors (Lipinski definition) is 2. The second kappa shape index (κ2) is 10.5. The Hall–Kier alpha value is -2.21. The van der Waals surface area contributed by atoms with E-state index in [0.717, 1.165) is 13.1 Å². The van der Waals surface area contributed by atoms with E-state index in [4.69, 9.17) is 31.2 Å². The Balaban J connectivity index is 1.48. The number of cyclic esters (lactones) is 1. The summed E-state index contributed by atoms with van der Waals surface area (Å²) in [4.78, 5) is 15.7. The maximum atomic E-state index is 14.4. The lowest BCUT2D eigenvalue weighted by molar-refractivity contribution is 0.0320. The summed E-state index contributed by atoms with van der Waals surface area (Å²) < 4.78 is 35.4. The van der Waals surface area contributed by atoms with Crippen LogP contribution < -0.4 is 20.5 Å². The van der Waals surface area contributed by atoms with E-state index in [0.29, 0.717) is 38.6 Å². The zero-order valence-electron chi connectivity index (χ0n) is 16.2. The van der Waals surface area contributed by atoms with Crippen LogP contribution in [0.2, 0.25) is 0 Å². The third-order valence-corrected chi connectivity index (χ3v) is 4.84. The Morgan fingerprint density at radius 1 is 1.38 bits per heavy atom. The molecule has 0 spiro atoms. The quantitative estimate of drug-likeness (QED) is 0.463. The number of benzene rings is 1. The van der Waals surface area contributed by atoms with E-state index in [1.807, 2.05) is 0 Å². The first-order chi connectivity index (χ1) is 14.1. The van der Waals surface area contributed by atoms with E-state index in [2.05, 4.69) is 15.8 Å². The van der Waals surface area contributed by atoms with Crippen LogP contribution in [0.5, 0.6) is 5.75 Å². The lowest BCUT2D eigenvalue weighted by atomic mass is 10.2. The molecule has 2 fully saturated rings. The maximum absolute atomic E-state index is 14.4. The molecule has 2 saturated heterocycles. The molecule has 3 rings (SSSR count). The van der Waals surface area contributed by atoms with Crippen molar-refractivity contribution >= 4 is 29.2 Å². The van der Waals surface area contributed by atoms with Gasteiger partial charge in [-0.3, -0.25) is 15.2 Å². The Morgan fingerprint density at radius 3 is 2.90 bits per heavy atom. The first-order valence-electron chi connectivity index (χ1n) is 9.34. The number of ether oxygens (including phenoxy) is 4. The molecular weight excluding hydrogens is 403 g/mol. The van der Waals surface area contributed by atoms with E-state index in [-0.39, 0.29) is 17.5 Å². The van der Waals surface area contributed by atoms with Crippen molar-refractivity contribution in [3.05, 3.63) is 24.0 Å². The molecule has 0 bridgehead atoms. The van der Waals surface area contributed by atoms with Crippen molar-refractivity contribution in [2.24, 2.45) is 0 Å². The molecule has 11 heteroatoms. The number of hydrogen-bond acceptors (Lipinski definition) is 8. The van der Waals surface area contributed by atoms with Crippen LogP contribution in [0.25, 0.3) is 0 Å². The van der Waals surface area contributed by atoms with Crippen LogP contribution >= 0.6 is 12.2 Å². The van der Waals surface area contributed by atoms with Gasteiger partial charge in [0, 0.05) is 25.7 Å². The van der Waals surface area contributed by atoms with E-state index in [1.54, 1.807) is 6.07 Å². The maximum Gasteiger partial charge on any atom is 0.414 e. The molecule has 1 amide bonds. The summed E-state index contributed by atoms with van der Waals surface area (Å²) in [5, 5.41) is 0.178. The summed E-state index contributed by atoms with van der Waals surface area (Å²) in [5.74, 6) is -0.365. The van der Waals surface area contributed by atoms with Crippen molar-refractivity contribution < 1.29 is 28.1 Å². The van der Waals surface area contributed by atoms with Gasteiger partial charge in [-0.05, 0) is 24.4 Å². The van der Waals surface area contributed by atoms with Gasteiger partial charge in [0.05, 0.1) is 39.1 Å². The number of nitrogens with one attached hydrogen (secondary N) is 2. The van der Waals surface area contributed by atoms with Crippen molar-refractivity contribution in [3.63, 3.8) is 0 Å². The number of anilines is 1. The fourth-order valence-electron chi connectivity index (χ4n) is 3.01. The molecule has 1 aromatic carbocycles. The van der Waals surface area contributed by atoms with Gasteiger partial charge in [-0.15, -0.1) is 0 Å². The molecule has 2 aliphatic heterocycles. The Kier molecular flexibility index (Phi) is 7.81. The minimum absolute atomic E-state index is 0.157. The molecule has 160 valence electrons. The molecule has 1 aromatic rings. The van der Waals surface area contributed by atoms with Crippen LogP contribution in [0.4, 0.5) is 14.9 Å². The molecule has 9 nitrogen and oxygen atoms in total. The molecule has 0 aliphatic carbocycles. The minimum atomic E-state index is -0.536. The Labute approximate surface area is 174 Å². The van der Waals surface area contributed by atoms with Crippen molar-refractivity contribution in [3.8, 4) is 5.75 Å². The first kappa shape index (κ1) is 21.5. The van der Waals surface area contributed by atoms with Gasteiger partial charge in [-0.25, -0.2) is 14.6 Å². The Bertz CT molecular complexity index is 719. The van der Waals surface area contributed by atoms with Crippen LogP contribution in [-0.2, 0) is 14.2 Å². The number of carbonyl (C=O) groups excluding carboxylic acids is 1. The van der Waals surface area contributed by atoms with Crippen molar-refractivity contribution in [1.82, 2.24) is 15.8 Å². The number of morpholine rings is 1. The van der Waals surface area contributed by atoms with Gasteiger partial charge in [0.2, 0.25) is 0 Å².